The summed E-state index contributed by atoms with van der Waals surface area (Å²) in [5, 5.41) is 9.08. The topological polar surface area (TPSA) is 78.8 Å². The Kier molecular flexibility index (Phi) is 4.39. The van der Waals surface area contributed by atoms with Crippen LogP contribution in [0.2, 0.25) is 0 Å². The maximum Gasteiger partial charge on any atom is 0.342 e. The van der Waals surface area contributed by atoms with E-state index in [1.54, 1.807) is 6.92 Å². The van der Waals surface area contributed by atoms with Crippen LogP contribution in [0.25, 0.3) is 0 Å². The van der Waals surface area contributed by atoms with Gasteiger partial charge < -0.3 is 19.6 Å². The molecule has 0 radical (unpaired) electrons. The van der Waals surface area contributed by atoms with Crippen molar-refractivity contribution in [2.75, 3.05) is 38.7 Å². The quantitative estimate of drug-likeness (QED) is 0.851. The first-order chi connectivity index (χ1) is 9.52. The molecule has 1 unspecified atom stereocenters. The SMILES string of the molecule is CCOc1nc(N2CCC(N(C)C)C2)ncc1C(=O)O. The van der Waals surface area contributed by atoms with Crippen LogP contribution in [0.5, 0.6) is 5.88 Å². The van der Waals surface area contributed by atoms with Crippen molar-refractivity contribution in [3.05, 3.63) is 11.8 Å². The zero-order valence-corrected chi connectivity index (χ0v) is 12.0. The Hall–Kier alpha value is -1.89. The fourth-order valence-electron chi connectivity index (χ4n) is 2.25. The molecule has 1 N–H and O–H groups in total. The van der Waals surface area contributed by atoms with Crippen LogP contribution in [-0.4, -0.2) is 65.8 Å². The van der Waals surface area contributed by atoms with Gasteiger partial charge in [0.1, 0.15) is 5.56 Å². The minimum absolute atomic E-state index is 0.000966. The lowest BCUT2D eigenvalue weighted by molar-refractivity contribution is 0.0691. The van der Waals surface area contributed by atoms with Crippen LogP contribution in [0, 0.1) is 0 Å². The average molecular weight is 280 g/mol. The molecule has 1 atom stereocenters. The van der Waals surface area contributed by atoms with Gasteiger partial charge in [-0.2, -0.15) is 4.98 Å². The van der Waals surface area contributed by atoms with E-state index in [-0.39, 0.29) is 11.4 Å². The van der Waals surface area contributed by atoms with Gasteiger partial charge >= 0.3 is 5.97 Å². The largest absolute Gasteiger partial charge is 0.477 e. The van der Waals surface area contributed by atoms with E-state index >= 15 is 0 Å². The second-order valence-corrected chi connectivity index (χ2v) is 4.98. The summed E-state index contributed by atoms with van der Waals surface area (Å²) in [5.74, 6) is -0.409. The molecule has 7 heteroatoms. The number of rotatable bonds is 5. The monoisotopic (exact) mass is 280 g/mol. The van der Waals surface area contributed by atoms with Gasteiger partial charge in [-0.3, -0.25) is 0 Å². The summed E-state index contributed by atoms with van der Waals surface area (Å²) in [6, 6.07) is 0.466. The lowest BCUT2D eigenvalue weighted by Crippen LogP contribution is -2.32. The van der Waals surface area contributed by atoms with Crippen molar-refractivity contribution >= 4 is 11.9 Å². The minimum atomic E-state index is -1.08. The number of carboxylic acid groups (broad SMARTS) is 1. The Bertz CT molecular complexity index is 493. The molecule has 0 spiro atoms. The number of aromatic carboxylic acids is 1. The molecular formula is C13H20N4O3. The Morgan fingerprint density at radius 1 is 1.60 bits per heavy atom. The Balaban J connectivity index is 2.21. The van der Waals surface area contributed by atoms with Gasteiger partial charge in [0.15, 0.2) is 0 Å². The van der Waals surface area contributed by atoms with Crippen LogP contribution in [0.15, 0.2) is 6.20 Å². The standard InChI is InChI=1S/C13H20N4O3/c1-4-20-11-10(12(18)19)7-14-13(15-11)17-6-5-9(8-17)16(2)3/h7,9H,4-6,8H2,1-3H3,(H,18,19). The first kappa shape index (κ1) is 14.5. The molecule has 0 amide bonds. The molecular weight excluding hydrogens is 260 g/mol. The van der Waals surface area contributed by atoms with Gasteiger partial charge in [0, 0.05) is 19.1 Å². The molecule has 1 aromatic heterocycles. The maximum absolute atomic E-state index is 11.1. The van der Waals surface area contributed by atoms with Gasteiger partial charge in [0.05, 0.1) is 12.8 Å². The molecule has 1 aliphatic heterocycles. The lowest BCUT2D eigenvalue weighted by Gasteiger charge is -2.20. The molecule has 1 aromatic rings. The first-order valence-corrected chi connectivity index (χ1v) is 6.67. The van der Waals surface area contributed by atoms with E-state index in [4.69, 9.17) is 9.84 Å². The van der Waals surface area contributed by atoms with E-state index in [2.05, 4.69) is 19.8 Å². The second kappa shape index (κ2) is 6.04. The Morgan fingerprint density at radius 3 is 2.90 bits per heavy atom. The van der Waals surface area contributed by atoms with Crippen molar-refractivity contribution in [3.8, 4) is 5.88 Å². The normalized spacial score (nSPS) is 18.6. The zero-order chi connectivity index (χ0) is 14.7. The predicted octanol–water partition coefficient (Wildman–Crippen LogP) is 0.714. The van der Waals surface area contributed by atoms with E-state index in [0.29, 0.717) is 18.6 Å². The van der Waals surface area contributed by atoms with Gasteiger partial charge in [0.25, 0.3) is 0 Å². The third-order valence-corrected chi connectivity index (χ3v) is 3.43. The number of hydrogen-bond acceptors (Lipinski definition) is 6. The summed E-state index contributed by atoms with van der Waals surface area (Å²) >= 11 is 0. The molecule has 7 nitrogen and oxygen atoms in total. The number of ether oxygens (including phenoxy) is 1. The molecule has 0 saturated carbocycles. The summed E-state index contributed by atoms with van der Waals surface area (Å²) in [4.78, 5) is 23.7. The molecule has 0 aromatic carbocycles. The fourth-order valence-corrected chi connectivity index (χ4v) is 2.25. The van der Waals surface area contributed by atoms with E-state index in [1.807, 2.05) is 14.1 Å². The van der Waals surface area contributed by atoms with E-state index in [1.165, 1.54) is 6.20 Å². The lowest BCUT2D eigenvalue weighted by atomic mass is 10.2. The molecule has 20 heavy (non-hydrogen) atoms. The van der Waals surface area contributed by atoms with Crippen molar-refractivity contribution in [1.82, 2.24) is 14.9 Å². The second-order valence-electron chi connectivity index (χ2n) is 4.98. The Labute approximate surface area is 118 Å². The van der Waals surface area contributed by atoms with Gasteiger partial charge in [-0.1, -0.05) is 0 Å². The molecule has 0 bridgehead atoms. The molecule has 1 aliphatic rings. The predicted molar refractivity (Wildman–Crippen MR) is 74.5 cm³/mol. The maximum atomic E-state index is 11.1. The van der Waals surface area contributed by atoms with Gasteiger partial charge in [-0.05, 0) is 27.4 Å². The van der Waals surface area contributed by atoms with E-state index < -0.39 is 5.97 Å². The van der Waals surface area contributed by atoms with E-state index in [9.17, 15) is 4.79 Å². The molecule has 0 aliphatic carbocycles. The number of nitrogens with zero attached hydrogens (tertiary/aromatic N) is 4. The van der Waals surface area contributed by atoms with E-state index in [0.717, 1.165) is 19.5 Å². The van der Waals surface area contributed by atoms with Gasteiger partial charge in [-0.25, -0.2) is 9.78 Å². The number of anilines is 1. The van der Waals surface area contributed by atoms with Gasteiger partial charge in [0.2, 0.25) is 11.8 Å². The zero-order valence-electron chi connectivity index (χ0n) is 12.0. The first-order valence-electron chi connectivity index (χ1n) is 6.67. The molecule has 2 rings (SSSR count). The number of carbonyl (C=O) groups is 1. The number of carboxylic acids is 1. The summed E-state index contributed by atoms with van der Waals surface area (Å²) in [6.45, 7) is 3.87. The van der Waals surface area contributed by atoms with Crippen molar-refractivity contribution in [2.24, 2.45) is 0 Å². The number of likely N-dealkylation sites (N-methyl/N-ethyl adjacent to an activating group) is 1. The van der Waals surface area contributed by atoms with Crippen molar-refractivity contribution in [2.45, 2.75) is 19.4 Å². The third kappa shape index (κ3) is 2.98. The molecule has 110 valence electrons. The van der Waals surface area contributed by atoms with Crippen LogP contribution in [0.4, 0.5) is 5.95 Å². The van der Waals surface area contributed by atoms with Crippen LogP contribution >= 0.6 is 0 Å². The van der Waals surface area contributed by atoms with Crippen LogP contribution in [0.3, 0.4) is 0 Å². The highest BCUT2D eigenvalue weighted by Crippen LogP contribution is 2.23. The number of hydrogen-bond donors (Lipinski definition) is 1. The Morgan fingerprint density at radius 2 is 2.35 bits per heavy atom. The minimum Gasteiger partial charge on any atom is -0.477 e. The average Bonchev–Trinajstić information content (AvgIpc) is 2.88. The number of aromatic nitrogens is 2. The third-order valence-electron chi connectivity index (χ3n) is 3.43. The van der Waals surface area contributed by atoms with Crippen LogP contribution < -0.4 is 9.64 Å². The molecule has 1 fully saturated rings. The van der Waals surface area contributed by atoms with Crippen molar-refractivity contribution in [3.63, 3.8) is 0 Å². The summed E-state index contributed by atoms with van der Waals surface area (Å²) < 4.78 is 5.30. The summed E-state index contributed by atoms with van der Waals surface area (Å²) in [6.07, 6.45) is 2.36. The highest BCUT2D eigenvalue weighted by atomic mass is 16.5. The molecule has 1 saturated heterocycles. The highest BCUT2D eigenvalue weighted by molar-refractivity contribution is 5.89. The van der Waals surface area contributed by atoms with Crippen LogP contribution in [0.1, 0.15) is 23.7 Å². The van der Waals surface area contributed by atoms with Crippen LogP contribution in [-0.2, 0) is 0 Å². The van der Waals surface area contributed by atoms with Gasteiger partial charge in [-0.15, -0.1) is 0 Å². The summed E-state index contributed by atoms with van der Waals surface area (Å²) in [5.41, 5.74) is -0.000966. The molecule has 2 heterocycles. The van der Waals surface area contributed by atoms with Crippen molar-refractivity contribution in [1.29, 1.82) is 0 Å². The fraction of sp³-hybridized carbons (Fsp3) is 0.615. The highest BCUT2D eigenvalue weighted by Gasteiger charge is 2.27. The summed E-state index contributed by atoms with van der Waals surface area (Å²) in [7, 11) is 4.10. The van der Waals surface area contributed by atoms with Crippen molar-refractivity contribution < 1.29 is 14.6 Å². The smallest absolute Gasteiger partial charge is 0.342 e.